The SMILES string of the molecule is CC1CCCN1CCCOc1ccc(-n2cc(NC(=O)OCCCl)cn2)cc1. The molecule has 0 saturated carbocycles. The number of amides is 1. The molecule has 1 aromatic heterocycles. The highest BCUT2D eigenvalue weighted by molar-refractivity contribution is 6.18. The maximum atomic E-state index is 11.5. The molecular weight excluding hydrogens is 380 g/mol. The van der Waals surface area contributed by atoms with E-state index in [1.807, 2.05) is 24.3 Å². The van der Waals surface area contributed by atoms with Gasteiger partial charge in [0.05, 0.1) is 36.3 Å². The molecule has 7 nitrogen and oxygen atoms in total. The van der Waals surface area contributed by atoms with Gasteiger partial charge in [0, 0.05) is 12.6 Å². The van der Waals surface area contributed by atoms with Crippen molar-refractivity contribution in [1.82, 2.24) is 14.7 Å². The summed E-state index contributed by atoms with van der Waals surface area (Å²) in [5, 5.41) is 6.86. The van der Waals surface area contributed by atoms with E-state index in [1.54, 1.807) is 17.1 Å². The number of alkyl halides is 1. The van der Waals surface area contributed by atoms with Gasteiger partial charge in [-0.2, -0.15) is 5.10 Å². The molecular formula is C20H27ClN4O3. The molecule has 8 heteroatoms. The number of aromatic nitrogens is 2. The first kappa shape index (κ1) is 20.5. The first-order chi connectivity index (χ1) is 13.7. The maximum Gasteiger partial charge on any atom is 0.411 e. The minimum Gasteiger partial charge on any atom is -0.494 e. The van der Waals surface area contributed by atoms with Crippen LogP contribution in [0.1, 0.15) is 26.2 Å². The Balaban J connectivity index is 1.44. The molecule has 1 fully saturated rings. The molecule has 0 bridgehead atoms. The summed E-state index contributed by atoms with van der Waals surface area (Å²) < 4.78 is 12.4. The van der Waals surface area contributed by atoms with E-state index in [0.717, 1.165) is 24.4 Å². The zero-order valence-corrected chi connectivity index (χ0v) is 16.9. The zero-order valence-electron chi connectivity index (χ0n) is 16.1. The van der Waals surface area contributed by atoms with Crippen molar-refractivity contribution < 1.29 is 14.3 Å². The number of halogens is 1. The molecule has 1 saturated heterocycles. The van der Waals surface area contributed by atoms with E-state index in [0.29, 0.717) is 18.3 Å². The quantitative estimate of drug-likeness (QED) is 0.505. The van der Waals surface area contributed by atoms with E-state index in [1.165, 1.54) is 19.4 Å². The molecule has 2 heterocycles. The number of hydrogen-bond acceptors (Lipinski definition) is 5. The van der Waals surface area contributed by atoms with E-state index in [4.69, 9.17) is 21.1 Å². The van der Waals surface area contributed by atoms with Crippen LogP contribution in [0.25, 0.3) is 5.69 Å². The molecule has 0 radical (unpaired) electrons. The molecule has 1 aliphatic rings. The summed E-state index contributed by atoms with van der Waals surface area (Å²) in [5.74, 6) is 1.10. The zero-order chi connectivity index (χ0) is 19.8. The average Bonchev–Trinajstić information content (AvgIpc) is 3.33. The topological polar surface area (TPSA) is 68.6 Å². The Bertz CT molecular complexity index is 750. The summed E-state index contributed by atoms with van der Waals surface area (Å²) in [7, 11) is 0. The van der Waals surface area contributed by atoms with E-state index >= 15 is 0 Å². The molecule has 1 aliphatic heterocycles. The van der Waals surface area contributed by atoms with E-state index in [2.05, 4.69) is 22.2 Å². The smallest absolute Gasteiger partial charge is 0.411 e. The van der Waals surface area contributed by atoms with Crippen LogP contribution in [0.15, 0.2) is 36.7 Å². The summed E-state index contributed by atoms with van der Waals surface area (Å²) in [5.41, 5.74) is 1.43. The molecule has 1 atom stereocenters. The Kier molecular flexibility index (Phi) is 7.56. The van der Waals surface area contributed by atoms with Crippen LogP contribution in [-0.2, 0) is 4.74 Å². The summed E-state index contributed by atoms with van der Waals surface area (Å²) in [4.78, 5) is 14.1. The molecule has 0 spiro atoms. The van der Waals surface area contributed by atoms with Crippen molar-refractivity contribution in [3.05, 3.63) is 36.7 Å². The minimum atomic E-state index is -0.549. The number of likely N-dealkylation sites (tertiary alicyclic amines) is 1. The third-order valence-corrected chi connectivity index (χ3v) is 4.94. The highest BCUT2D eigenvalue weighted by Gasteiger charge is 2.19. The fourth-order valence-electron chi connectivity index (χ4n) is 3.29. The second-order valence-electron chi connectivity index (χ2n) is 6.85. The number of carbonyl (C=O) groups excluding carboxylic acids is 1. The highest BCUT2D eigenvalue weighted by atomic mass is 35.5. The Hall–Kier alpha value is -2.25. The third-order valence-electron chi connectivity index (χ3n) is 4.79. The van der Waals surface area contributed by atoms with Crippen molar-refractivity contribution in [3.63, 3.8) is 0 Å². The van der Waals surface area contributed by atoms with Gasteiger partial charge in [0.25, 0.3) is 0 Å². The van der Waals surface area contributed by atoms with Crippen LogP contribution in [0.2, 0.25) is 0 Å². The van der Waals surface area contributed by atoms with Gasteiger partial charge in [-0.05, 0) is 57.0 Å². The lowest BCUT2D eigenvalue weighted by Gasteiger charge is -2.20. The number of hydrogen-bond donors (Lipinski definition) is 1. The van der Waals surface area contributed by atoms with Crippen molar-refractivity contribution in [1.29, 1.82) is 0 Å². The summed E-state index contributed by atoms with van der Waals surface area (Å²) in [6, 6.07) is 8.42. The predicted octanol–water partition coefficient (Wildman–Crippen LogP) is 3.91. The molecule has 28 heavy (non-hydrogen) atoms. The number of rotatable bonds is 9. The van der Waals surface area contributed by atoms with Crippen molar-refractivity contribution in [3.8, 4) is 11.4 Å². The van der Waals surface area contributed by atoms with E-state index < -0.39 is 6.09 Å². The van der Waals surface area contributed by atoms with Gasteiger partial charge in [0.1, 0.15) is 12.4 Å². The van der Waals surface area contributed by atoms with Crippen LogP contribution in [0.4, 0.5) is 10.5 Å². The van der Waals surface area contributed by atoms with Gasteiger partial charge >= 0.3 is 6.09 Å². The number of carbonyl (C=O) groups is 1. The molecule has 1 aromatic carbocycles. The normalized spacial score (nSPS) is 16.9. The highest BCUT2D eigenvalue weighted by Crippen LogP contribution is 2.18. The van der Waals surface area contributed by atoms with Crippen molar-refractivity contribution >= 4 is 23.4 Å². The Morgan fingerprint density at radius 2 is 2.14 bits per heavy atom. The fraction of sp³-hybridized carbons (Fsp3) is 0.500. The second kappa shape index (κ2) is 10.3. The summed E-state index contributed by atoms with van der Waals surface area (Å²) in [6.45, 7) is 5.48. The standard InChI is InChI=1S/C20H27ClN4O3/c1-16-4-2-10-24(16)11-3-12-27-19-7-5-18(6-8-19)25-15-17(14-22-25)23-20(26)28-13-9-21/h5-8,14-16H,2-4,9-13H2,1H3,(H,23,26). The number of ether oxygens (including phenoxy) is 2. The summed E-state index contributed by atoms with van der Waals surface area (Å²) >= 11 is 5.49. The molecule has 2 aromatic rings. The average molecular weight is 407 g/mol. The minimum absolute atomic E-state index is 0.167. The number of benzene rings is 1. The Morgan fingerprint density at radius 3 is 2.86 bits per heavy atom. The van der Waals surface area contributed by atoms with Crippen molar-refractivity contribution in [2.24, 2.45) is 0 Å². The Morgan fingerprint density at radius 1 is 1.32 bits per heavy atom. The first-order valence-electron chi connectivity index (χ1n) is 9.67. The molecule has 1 unspecified atom stereocenters. The van der Waals surface area contributed by atoms with Gasteiger partial charge < -0.3 is 14.4 Å². The van der Waals surface area contributed by atoms with Crippen LogP contribution in [0.5, 0.6) is 5.75 Å². The Labute approximate surface area is 170 Å². The van der Waals surface area contributed by atoms with Crippen molar-refractivity contribution in [2.45, 2.75) is 32.2 Å². The lowest BCUT2D eigenvalue weighted by Crippen LogP contribution is -2.28. The molecule has 0 aliphatic carbocycles. The molecule has 1 N–H and O–H groups in total. The third kappa shape index (κ3) is 5.87. The van der Waals surface area contributed by atoms with Crippen LogP contribution in [0, 0.1) is 0 Å². The molecule has 152 valence electrons. The van der Waals surface area contributed by atoms with Gasteiger partial charge in [0.2, 0.25) is 0 Å². The van der Waals surface area contributed by atoms with Crippen LogP contribution >= 0.6 is 11.6 Å². The van der Waals surface area contributed by atoms with Crippen LogP contribution in [0.3, 0.4) is 0 Å². The molecule has 1 amide bonds. The van der Waals surface area contributed by atoms with Gasteiger partial charge in [-0.15, -0.1) is 11.6 Å². The number of anilines is 1. The van der Waals surface area contributed by atoms with Crippen LogP contribution in [-0.4, -0.2) is 59.0 Å². The largest absolute Gasteiger partial charge is 0.494 e. The monoisotopic (exact) mass is 406 g/mol. The maximum absolute atomic E-state index is 11.5. The van der Waals surface area contributed by atoms with Gasteiger partial charge in [0.15, 0.2) is 0 Å². The fourth-order valence-corrected chi connectivity index (χ4v) is 3.37. The van der Waals surface area contributed by atoms with E-state index in [9.17, 15) is 4.79 Å². The first-order valence-corrected chi connectivity index (χ1v) is 10.2. The second-order valence-corrected chi connectivity index (χ2v) is 7.22. The number of nitrogens with zero attached hydrogens (tertiary/aromatic N) is 3. The lowest BCUT2D eigenvalue weighted by molar-refractivity contribution is 0.168. The molecule has 3 rings (SSSR count). The van der Waals surface area contributed by atoms with Crippen LogP contribution < -0.4 is 10.1 Å². The summed E-state index contributed by atoms with van der Waals surface area (Å²) in [6.07, 6.45) is 6.37. The van der Waals surface area contributed by atoms with E-state index in [-0.39, 0.29) is 12.5 Å². The van der Waals surface area contributed by atoms with Gasteiger partial charge in [-0.3, -0.25) is 5.32 Å². The van der Waals surface area contributed by atoms with Crippen molar-refractivity contribution in [2.75, 3.05) is 37.5 Å². The number of nitrogens with one attached hydrogen (secondary N) is 1. The lowest BCUT2D eigenvalue weighted by atomic mass is 10.2. The van der Waals surface area contributed by atoms with Gasteiger partial charge in [-0.25, -0.2) is 9.48 Å². The van der Waals surface area contributed by atoms with Gasteiger partial charge in [-0.1, -0.05) is 0 Å². The predicted molar refractivity (Wildman–Crippen MR) is 110 cm³/mol.